The number of anilines is 1. The van der Waals surface area contributed by atoms with E-state index in [9.17, 15) is 14.9 Å². The summed E-state index contributed by atoms with van der Waals surface area (Å²) in [7, 11) is 0. The van der Waals surface area contributed by atoms with E-state index in [2.05, 4.69) is 10.4 Å². The van der Waals surface area contributed by atoms with E-state index < -0.39 is 4.92 Å². The number of amides is 1. The number of nitro groups is 1. The molecule has 0 aliphatic carbocycles. The fraction of sp³-hybridized carbons (Fsp3) is 0.158. The molecule has 0 saturated heterocycles. The quantitative estimate of drug-likeness (QED) is 0.489. The van der Waals surface area contributed by atoms with Gasteiger partial charge in [0.2, 0.25) is 0 Å². The Morgan fingerprint density at radius 2 is 2.00 bits per heavy atom. The number of nitrogens with zero attached hydrogens (tertiary/aromatic N) is 3. The normalized spacial score (nSPS) is 10.5. The number of hydrogen-bond donors (Lipinski definition) is 1. The average Bonchev–Trinajstić information content (AvgIpc) is 3.13. The second-order valence-electron chi connectivity index (χ2n) is 6.14. The molecule has 28 heavy (non-hydrogen) atoms. The minimum absolute atomic E-state index is 0.00551. The van der Waals surface area contributed by atoms with Crippen LogP contribution in [0.5, 0.6) is 5.75 Å². The Balaban J connectivity index is 1.63. The molecule has 3 aromatic rings. The molecular weight excluding hydrogens is 384 g/mol. The second kappa shape index (κ2) is 8.10. The molecule has 0 aliphatic heterocycles. The van der Waals surface area contributed by atoms with Crippen molar-refractivity contribution in [2.75, 3.05) is 5.32 Å². The van der Waals surface area contributed by atoms with Gasteiger partial charge in [-0.05, 0) is 49.2 Å². The van der Waals surface area contributed by atoms with E-state index in [4.69, 9.17) is 16.3 Å². The van der Waals surface area contributed by atoms with Crippen LogP contribution in [0.15, 0.2) is 48.7 Å². The molecule has 9 heteroatoms. The number of halogens is 1. The summed E-state index contributed by atoms with van der Waals surface area (Å²) in [6.45, 7) is 3.97. The van der Waals surface area contributed by atoms with Crippen LogP contribution in [-0.2, 0) is 6.73 Å². The van der Waals surface area contributed by atoms with E-state index in [0.29, 0.717) is 5.69 Å². The van der Waals surface area contributed by atoms with E-state index >= 15 is 0 Å². The number of nitro benzene ring substituents is 1. The lowest BCUT2D eigenvalue weighted by Gasteiger charge is -2.08. The number of nitrogens with one attached hydrogen (secondary N) is 1. The standard InChI is InChI=1S/C19H17ClN4O4/c1-12-3-4-14(9-13(12)2)21-19(25)17-7-8-23(22-17)11-28-18-6-5-15(24(26)27)10-16(18)20/h3-10H,11H2,1-2H3,(H,21,25). The minimum Gasteiger partial charge on any atom is -0.470 e. The van der Waals surface area contributed by atoms with Crippen LogP contribution >= 0.6 is 11.6 Å². The molecule has 3 rings (SSSR count). The van der Waals surface area contributed by atoms with E-state index in [1.165, 1.54) is 22.9 Å². The Morgan fingerprint density at radius 3 is 2.68 bits per heavy atom. The van der Waals surface area contributed by atoms with Crippen molar-refractivity contribution in [1.82, 2.24) is 9.78 Å². The molecule has 1 aromatic heterocycles. The van der Waals surface area contributed by atoms with Gasteiger partial charge < -0.3 is 10.1 Å². The highest BCUT2D eigenvalue weighted by atomic mass is 35.5. The zero-order valence-corrected chi connectivity index (χ0v) is 15.9. The van der Waals surface area contributed by atoms with Crippen molar-refractivity contribution in [2.24, 2.45) is 0 Å². The van der Waals surface area contributed by atoms with Gasteiger partial charge in [0, 0.05) is 24.0 Å². The SMILES string of the molecule is Cc1ccc(NC(=O)c2ccn(COc3ccc([N+](=O)[O-])cc3Cl)n2)cc1C. The fourth-order valence-electron chi connectivity index (χ4n) is 2.43. The van der Waals surface area contributed by atoms with Crippen molar-refractivity contribution in [1.29, 1.82) is 0 Å². The van der Waals surface area contributed by atoms with Crippen LogP contribution in [0.1, 0.15) is 21.6 Å². The molecule has 0 saturated carbocycles. The Kier molecular flexibility index (Phi) is 5.60. The van der Waals surface area contributed by atoms with Crippen LogP contribution in [0.3, 0.4) is 0 Å². The number of hydrogen-bond acceptors (Lipinski definition) is 5. The Labute approximate surface area is 165 Å². The molecule has 0 radical (unpaired) electrons. The number of benzene rings is 2. The Morgan fingerprint density at radius 1 is 1.21 bits per heavy atom. The third kappa shape index (κ3) is 4.47. The van der Waals surface area contributed by atoms with Gasteiger partial charge in [-0.3, -0.25) is 14.9 Å². The highest BCUT2D eigenvalue weighted by Crippen LogP contribution is 2.28. The summed E-state index contributed by atoms with van der Waals surface area (Å²) in [5, 5.41) is 17.8. The molecule has 1 amide bonds. The minimum atomic E-state index is -0.538. The average molecular weight is 401 g/mol. The molecule has 1 N–H and O–H groups in total. The summed E-state index contributed by atoms with van der Waals surface area (Å²) >= 11 is 5.99. The first-order valence-electron chi connectivity index (χ1n) is 8.32. The Hall–Kier alpha value is -3.39. The zero-order chi connectivity index (χ0) is 20.3. The molecule has 144 valence electrons. The topological polar surface area (TPSA) is 99.3 Å². The maximum absolute atomic E-state index is 12.3. The van der Waals surface area contributed by atoms with Crippen molar-refractivity contribution < 1.29 is 14.5 Å². The molecule has 0 bridgehead atoms. The van der Waals surface area contributed by atoms with Crippen LogP contribution in [0.2, 0.25) is 5.02 Å². The monoisotopic (exact) mass is 400 g/mol. The highest BCUT2D eigenvalue weighted by molar-refractivity contribution is 6.32. The third-order valence-electron chi connectivity index (χ3n) is 4.12. The molecule has 2 aromatic carbocycles. The lowest BCUT2D eigenvalue weighted by molar-refractivity contribution is -0.384. The van der Waals surface area contributed by atoms with Crippen molar-refractivity contribution in [3.05, 3.63) is 80.6 Å². The van der Waals surface area contributed by atoms with Crippen molar-refractivity contribution in [2.45, 2.75) is 20.6 Å². The molecule has 0 spiro atoms. The smallest absolute Gasteiger partial charge is 0.276 e. The summed E-state index contributed by atoms with van der Waals surface area (Å²) in [5.74, 6) is -0.0562. The first kappa shape index (κ1) is 19.4. The number of ether oxygens (including phenoxy) is 1. The third-order valence-corrected chi connectivity index (χ3v) is 4.41. The van der Waals surface area contributed by atoms with Gasteiger partial charge in [0.05, 0.1) is 9.95 Å². The van der Waals surface area contributed by atoms with Crippen molar-refractivity contribution in [3.63, 3.8) is 0 Å². The number of carbonyl (C=O) groups is 1. The van der Waals surface area contributed by atoms with Gasteiger partial charge in [-0.1, -0.05) is 17.7 Å². The van der Waals surface area contributed by atoms with Gasteiger partial charge in [-0.2, -0.15) is 5.10 Å². The maximum atomic E-state index is 12.3. The zero-order valence-electron chi connectivity index (χ0n) is 15.2. The predicted octanol–water partition coefficient (Wildman–Crippen LogP) is 4.35. The summed E-state index contributed by atoms with van der Waals surface area (Å²) in [6.07, 6.45) is 1.59. The van der Waals surface area contributed by atoms with Crippen LogP contribution < -0.4 is 10.1 Å². The van der Waals surface area contributed by atoms with Gasteiger partial charge >= 0.3 is 0 Å². The number of rotatable bonds is 6. The predicted molar refractivity (Wildman–Crippen MR) is 105 cm³/mol. The molecule has 0 aliphatic rings. The first-order chi connectivity index (χ1) is 13.3. The van der Waals surface area contributed by atoms with Crippen LogP contribution in [0, 0.1) is 24.0 Å². The number of aromatic nitrogens is 2. The summed E-state index contributed by atoms with van der Waals surface area (Å²) < 4.78 is 6.94. The van der Waals surface area contributed by atoms with Crippen molar-refractivity contribution in [3.8, 4) is 5.75 Å². The largest absolute Gasteiger partial charge is 0.470 e. The van der Waals surface area contributed by atoms with E-state index in [1.54, 1.807) is 12.3 Å². The molecule has 0 unspecified atom stereocenters. The van der Waals surface area contributed by atoms with Gasteiger partial charge in [0.1, 0.15) is 5.75 Å². The molecule has 0 fully saturated rings. The van der Waals surface area contributed by atoms with E-state index in [0.717, 1.165) is 11.1 Å². The summed E-state index contributed by atoms with van der Waals surface area (Å²) in [4.78, 5) is 22.5. The maximum Gasteiger partial charge on any atom is 0.276 e. The summed E-state index contributed by atoms with van der Waals surface area (Å²) in [5.41, 5.74) is 3.02. The van der Waals surface area contributed by atoms with Gasteiger partial charge in [0.15, 0.2) is 12.4 Å². The van der Waals surface area contributed by atoms with Crippen LogP contribution in [0.25, 0.3) is 0 Å². The number of carbonyl (C=O) groups excluding carboxylic acids is 1. The van der Waals surface area contributed by atoms with Crippen LogP contribution in [-0.4, -0.2) is 20.6 Å². The number of aryl methyl sites for hydroxylation is 2. The van der Waals surface area contributed by atoms with Crippen molar-refractivity contribution >= 4 is 28.9 Å². The fourth-order valence-corrected chi connectivity index (χ4v) is 2.65. The molecular formula is C19H17ClN4O4. The Bertz CT molecular complexity index is 1050. The molecule has 8 nitrogen and oxygen atoms in total. The lowest BCUT2D eigenvalue weighted by Crippen LogP contribution is -2.14. The van der Waals surface area contributed by atoms with Gasteiger partial charge in [-0.25, -0.2) is 4.68 Å². The lowest BCUT2D eigenvalue weighted by atomic mass is 10.1. The van der Waals surface area contributed by atoms with Gasteiger partial charge in [0.25, 0.3) is 11.6 Å². The molecule has 0 atom stereocenters. The van der Waals surface area contributed by atoms with Crippen LogP contribution in [0.4, 0.5) is 11.4 Å². The van der Waals surface area contributed by atoms with E-state index in [1.807, 2.05) is 32.0 Å². The second-order valence-corrected chi connectivity index (χ2v) is 6.55. The number of non-ortho nitro benzene ring substituents is 1. The highest BCUT2D eigenvalue weighted by Gasteiger charge is 2.12. The summed E-state index contributed by atoms with van der Waals surface area (Å²) in [6, 6.07) is 11.1. The van der Waals surface area contributed by atoms with E-state index in [-0.39, 0.29) is 34.8 Å². The first-order valence-corrected chi connectivity index (χ1v) is 8.70. The van der Waals surface area contributed by atoms with Gasteiger partial charge in [-0.15, -0.1) is 0 Å². The molecule has 1 heterocycles.